The Hall–Kier alpha value is -5.51. The Balaban J connectivity index is 0.814. The number of aryl methyl sites for hydroxylation is 2. The van der Waals surface area contributed by atoms with E-state index in [0.717, 1.165) is 42.6 Å². The van der Waals surface area contributed by atoms with Gasteiger partial charge in [-0.25, -0.2) is 13.8 Å². The summed E-state index contributed by atoms with van der Waals surface area (Å²) in [4.78, 5) is 48.7. The van der Waals surface area contributed by atoms with E-state index in [1.807, 2.05) is 25.2 Å². The van der Waals surface area contributed by atoms with Gasteiger partial charge in [0.1, 0.15) is 16.9 Å². The number of nitrogens with zero attached hydrogens (tertiary/aromatic N) is 6. The molecule has 6 heterocycles. The number of carbonyl (C=O) groups excluding carboxylic acids is 2. The number of fused-ring (bicyclic) bond motifs is 4. The number of imide groups is 1. The van der Waals surface area contributed by atoms with Crippen molar-refractivity contribution in [3.8, 4) is 11.5 Å². The van der Waals surface area contributed by atoms with Crippen molar-refractivity contribution in [3.63, 3.8) is 0 Å². The highest BCUT2D eigenvalue weighted by atomic mass is 35.5. The number of pyridine rings is 1. The second-order valence-electron chi connectivity index (χ2n) is 16.0. The molecule has 2 aromatic carbocycles. The van der Waals surface area contributed by atoms with Gasteiger partial charge in [0.15, 0.2) is 12.4 Å². The molecular formula is C39H38ClF2N9O5. The maximum atomic E-state index is 15.1. The molecule has 5 aliphatic rings. The maximum Gasteiger partial charge on any atom is 0.301 e. The van der Waals surface area contributed by atoms with E-state index in [2.05, 4.69) is 30.9 Å². The van der Waals surface area contributed by atoms with E-state index in [1.54, 1.807) is 36.1 Å². The predicted molar refractivity (Wildman–Crippen MR) is 204 cm³/mol. The molecule has 2 amide bonds. The molecule has 0 bridgehead atoms. The van der Waals surface area contributed by atoms with Gasteiger partial charge in [-0.05, 0) is 68.4 Å². The average Bonchev–Trinajstić information content (AvgIpc) is 3.94. The van der Waals surface area contributed by atoms with E-state index in [0.29, 0.717) is 64.8 Å². The Labute approximate surface area is 323 Å². The van der Waals surface area contributed by atoms with E-state index in [4.69, 9.17) is 26.1 Å². The Morgan fingerprint density at radius 2 is 1.82 bits per heavy atom. The summed E-state index contributed by atoms with van der Waals surface area (Å²) in [5, 5.41) is 15.1. The average molecular weight is 786 g/mol. The molecule has 2 atom stereocenters. The SMILES string of the molecule is Cn1nc(C2CCC(=O)NC2=O)c2ccc(OC3CC4(C3)CN(c3ncc(Cl)c(Nc5ccc6c(c5)c5c(c(=O)n6C)OCC(F)(F)C(C6CC6)N5)n3)C4)cc21. The van der Waals surface area contributed by atoms with Crippen molar-refractivity contribution in [1.82, 2.24) is 29.6 Å². The van der Waals surface area contributed by atoms with Crippen LogP contribution < -0.4 is 35.9 Å². The van der Waals surface area contributed by atoms with Crippen LogP contribution in [0.25, 0.3) is 21.8 Å². The van der Waals surface area contributed by atoms with Crippen LogP contribution in [0, 0.1) is 11.3 Å². The number of benzene rings is 2. The lowest BCUT2D eigenvalue weighted by Crippen LogP contribution is -2.65. The number of rotatable bonds is 7. The molecule has 10 rings (SSSR count). The number of piperidine rings is 1. The third-order valence-electron chi connectivity index (χ3n) is 12.0. The number of anilines is 4. The van der Waals surface area contributed by atoms with Gasteiger partial charge in [0.25, 0.3) is 5.56 Å². The summed E-state index contributed by atoms with van der Waals surface area (Å²) in [6.45, 7) is 0.660. The minimum Gasteiger partial charge on any atom is -0.490 e. The highest BCUT2D eigenvalue weighted by molar-refractivity contribution is 6.33. The molecule has 3 N–H and O–H groups in total. The molecular weight excluding hydrogens is 748 g/mol. The first kappa shape index (κ1) is 34.9. The molecule has 1 spiro atoms. The summed E-state index contributed by atoms with van der Waals surface area (Å²) in [6, 6.07) is 9.99. The number of ether oxygens (including phenoxy) is 2. The molecule has 17 heteroatoms. The van der Waals surface area contributed by atoms with Crippen molar-refractivity contribution in [2.75, 3.05) is 35.2 Å². The first-order chi connectivity index (χ1) is 26.8. The van der Waals surface area contributed by atoms with Crippen molar-refractivity contribution < 1.29 is 27.8 Å². The maximum absolute atomic E-state index is 15.1. The molecule has 2 aliphatic carbocycles. The standard InChI is InChI=1S/C39H38ClF2N9O5/c1-49-27-9-5-20(11-25(27)31-32(36(49)54)55-18-39(41,42)33(46-31)19-3-4-19)44-34-26(40)15-43-37(47-34)51-16-38(17-51)13-22(14-38)56-21-6-7-23-28(12-21)50(2)48-30(23)24-8-10-29(52)45-35(24)53/h5-7,9,11-12,15,19,22,24,33,46H,3-4,8,10,13-14,16-18H2,1-2H3,(H,43,44,47)(H,45,52,53). The zero-order valence-corrected chi connectivity index (χ0v) is 31.3. The van der Waals surface area contributed by atoms with Crippen molar-refractivity contribution in [1.29, 1.82) is 0 Å². The van der Waals surface area contributed by atoms with Gasteiger partial charge in [-0.3, -0.25) is 24.4 Å². The fraction of sp³-hybridized carbons (Fsp3) is 0.436. The Morgan fingerprint density at radius 3 is 2.59 bits per heavy atom. The number of nitrogens with one attached hydrogen (secondary N) is 3. The topological polar surface area (TPSA) is 158 Å². The van der Waals surface area contributed by atoms with Crippen LogP contribution in [0.3, 0.4) is 0 Å². The highest BCUT2D eigenvalue weighted by Gasteiger charge is 2.54. The summed E-state index contributed by atoms with van der Waals surface area (Å²) in [7, 11) is 3.43. The van der Waals surface area contributed by atoms with Gasteiger partial charge in [-0.15, -0.1) is 0 Å². The Bertz CT molecular complexity index is 2540. The van der Waals surface area contributed by atoms with E-state index in [-0.39, 0.29) is 40.7 Å². The lowest BCUT2D eigenvalue weighted by Gasteiger charge is -2.58. The summed E-state index contributed by atoms with van der Waals surface area (Å²) < 4.78 is 45.2. The monoisotopic (exact) mass is 785 g/mol. The zero-order chi connectivity index (χ0) is 38.7. The van der Waals surface area contributed by atoms with Gasteiger partial charge in [-0.2, -0.15) is 10.1 Å². The van der Waals surface area contributed by atoms with Gasteiger partial charge in [0.05, 0.1) is 40.6 Å². The van der Waals surface area contributed by atoms with E-state index < -0.39 is 30.0 Å². The first-order valence-corrected chi connectivity index (χ1v) is 19.2. The summed E-state index contributed by atoms with van der Waals surface area (Å²) in [5.74, 6) is -2.82. The molecule has 0 radical (unpaired) electrons. The molecule has 14 nitrogen and oxygen atoms in total. The van der Waals surface area contributed by atoms with Gasteiger partial charge < -0.3 is 29.6 Å². The second kappa shape index (κ2) is 12.5. The lowest BCUT2D eigenvalue weighted by molar-refractivity contribution is -0.134. The fourth-order valence-electron chi connectivity index (χ4n) is 8.92. The number of alkyl halides is 2. The lowest BCUT2D eigenvalue weighted by atomic mass is 9.62. The van der Waals surface area contributed by atoms with Crippen molar-refractivity contribution in [3.05, 3.63) is 63.7 Å². The highest BCUT2D eigenvalue weighted by Crippen LogP contribution is 2.51. The molecule has 2 saturated heterocycles. The quantitative estimate of drug-likeness (QED) is 0.182. The normalized spacial score (nSPS) is 22.8. The molecule has 3 aromatic heterocycles. The number of amides is 2. The van der Waals surface area contributed by atoms with Crippen LogP contribution in [0.15, 0.2) is 47.4 Å². The summed E-state index contributed by atoms with van der Waals surface area (Å²) in [6.07, 6.45) is 5.48. The van der Waals surface area contributed by atoms with Gasteiger partial charge >= 0.3 is 5.92 Å². The largest absolute Gasteiger partial charge is 0.490 e. The third kappa shape index (κ3) is 5.79. The minimum absolute atomic E-state index is 0.0499. The second-order valence-corrected chi connectivity index (χ2v) is 16.4. The molecule has 2 saturated carbocycles. The van der Waals surface area contributed by atoms with Crippen LogP contribution in [0.2, 0.25) is 5.02 Å². The third-order valence-corrected chi connectivity index (χ3v) is 12.3. The molecule has 3 aliphatic heterocycles. The zero-order valence-electron chi connectivity index (χ0n) is 30.6. The van der Waals surface area contributed by atoms with Gasteiger partial charge in [0, 0.05) is 61.5 Å². The van der Waals surface area contributed by atoms with Crippen molar-refractivity contribution >= 4 is 68.4 Å². The van der Waals surface area contributed by atoms with E-state index in [9.17, 15) is 14.4 Å². The number of hydrogen-bond acceptors (Lipinski definition) is 11. The first-order valence-electron chi connectivity index (χ1n) is 18.8. The van der Waals surface area contributed by atoms with Gasteiger partial charge in [0.2, 0.25) is 23.5 Å². The van der Waals surface area contributed by atoms with Crippen molar-refractivity contribution in [2.24, 2.45) is 25.4 Å². The van der Waals surface area contributed by atoms with Crippen LogP contribution in [0.1, 0.15) is 50.1 Å². The van der Waals surface area contributed by atoms with E-state index >= 15 is 8.78 Å². The molecule has 4 fully saturated rings. The Morgan fingerprint density at radius 1 is 1.02 bits per heavy atom. The van der Waals surface area contributed by atoms with Crippen LogP contribution >= 0.6 is 11.6 Å². The molecule has 56 heavy (non-hydrogen) atoms. The predicted octanol–water partition coefficient (Wildman–Crippen LogP) is 5.40. The van der Waals surface area contributed by atoms with Crippen molar-refractivity contribution in [2.45, 2.75) is 62.5 Å². The minimum atomic E-state index is -3.14. The summed E-state index contributed by atoms with van der Waals surface area (Å²) >= 11 is 6.58. The summed E-state index contributed by atoms with van der Waals surface area (Å²) in [5.41, 5.74) is 2.56. The molecule has 5 aromatic rings. The number of carbonyl (C=O) groups is 2. The van der Waals surface area contributed by atoms with Gasteiger partial charge in [-0.1, -0.05) is 11.6 Å². The smallest absolute Gasteiger partial charge is 0.301 e. The molecule has 290 valence electrons. The fourth-order valence-corrected chi connectivity index (χ4v) is 9.05. The Kier molecular flexibility index (Phi) is 7.80. The number of aromatic nitrogens is 5. The molecule has 2 unspecified atom stereocenters. The van der Waals surface area contributed by atoms with Crippen LogP contribution in [0.5, 0.6) is 11.5 Å². The van der Waals surface area contributed by atoms with E-state index in [1.165, 1.54) is 4.57 Å². The van der Waals surface area contributed by atoms with Crippen LogP contribution in [-0.2, 0) is 23.7 Å². The van der Waals surface area contributed by atoms with Crippen LogP contribution in [0.4, 0.5) is 31.9 Å². The number of halogens is 3. The van der Waals surface area contributed by atoms with Crippen LogP contribution in [-0.4, -0.2) is 73.9 Å². The number of hydrogen-bond donors (Lipinski definition) is 3.